The second-order valence-corrected chi connectivity index (χ2v) is 8.27. The van der Waals surface area contributed by atoms with Gasteiger partial charge in [0.2, 0.25) is 5.91 Å². The van der Waals surface area contributed by atoms with Gasteiger partial charge in [-0.2, -0.15) is 0 Å². The van der Waals surface area contributed by atoms with Crippen LogP contribution in [0.3, 0.4) is 0 Å². The van der Waals surface area contributed by atoms with Crippen LogP contribution in [0.2, 0.25) is 0 Å². The molecule has 0 N–H and O–H groups in total. The highest BCUT2D eigenvalue weighted by molar-refractivity contribution is 5.83. The van der Waals surface area contributed by atoms with Crippen molar-refractivity contribution < 1.29 is 14.3 Å². The highest BCUT2D eigenvalue weighted by Gasteiger charge is 2.35. The molecule has 1 unspecified atom stereocenters. The summed E-state index contributed by atoms with van der Waals surface area (Å²) < 4.78 is 5.49. The molecule has 0 aliphatic carbocycles. The van der Waals surface area contributed by atoms with E-state index in [-0.39, 0.29) is 18.0 Å². The van der Waals surface area contributed by atoms with Gasteiger partial charge in [-0.05, 0) is 52.7 Å². The third-order valence-corrected chi connectivity index (χ3v) is 5.12. The molecule has 1 saturated heterocycles. The second-order valence-electron chi connectivity index (χ2n) is 8.27. The molecule has 0 saturated carbocycles. The van der Waals surface area contributed by atoms with Crippen LogP contribution in [0.1, 0.15) is 51.8 Å². The van der Waals surface area contributed by atoms with Crippen molar-refractivity contribution in [1.29, 1.82) is 0 Å². The average Bonchev–Trinajstić information content (AvgIpc) is 2.64. The Morgan fingerprint density at radius 3 is 2.14 bits per heavy atom. The SMILES string of the molecule is CCN(CC)C(=O)C(c1ccccc1C)N1CCN(C(=O)OC(C)(C)C)CC1. The summed E-state index contributed by atoms with van der Waals surface area (Å²) in [5.41, 5.74) is 1.66. The Morgan fingerprint density at radius 1 is 1.07 bits per heavy atom. The second kappa shape index (κ2) is 9.41. The minimum atomic E-state index is -0.503. The Morgan fingerprint density at radius 2 is 1.64 bits per heavy atom. The van der Waals surface area contributed by atoms with Crippen LogP contribution in [0.25, 0.3) is 0 Å². The molecule has 1 aromatic carbocycles. The molecule has 0 radical (unpaired) electrons. The van der Waals surface area contributed by atoms with Crippen LogP contribution in [-0.2, 0) is 9.53 Å². The van der Waals surface area contributed by atoms with Crippen LogP contribution in [-0.4, -0.2) is 71.6 Å². The lowest BCUT2D eigenvalue weighted by Gasteiger charge is -2.40. The van der Waals surface area contributed by atoms with E-state index in [1.165, 1.54) is 0 Å². The molecule has 1 heterocycles. The maximum Gasteiger partial charge on any atom is 0.410 e. The van der Waals surface area contributed by atoms with Crippen LogP contribution in [0.5, 0.6) is 0 Å². The van der Waals surface area contributed by atoms with E-state index in [2.05, 4.69) is 17.9 Å². The number of hydrogen-bond acceptors (Lipinski definition) is 4. The maximum absolute atomic E-state index is 13.3. The third-order valence-electron chi connectivity index (χ3n) is 5.12. The summed E-state index contributed by atoms with van der Waals surface area (Å²) in [4.78, 5) is 31.5. The van der Waals surface area contributed by atoms with Gasteiger partial charge in [0.15, 0.2) is 0 Å². The number of carbonyl (C=O) groups excluding carboxylic acids is 2. The first-order valence-corrected chi connectivity index (χ1v) is 10.2. The van der Waals surface area contributed by atoms with E-state index in [1.54, 1.807) is 4.90 Å². The van der Waals surface area contributed by atoms with Gasteiger partial charge >= 0.3 is 6.09 Å². The number of carbonyl (C=O) groups is 2. The number of benzene rings is 1. The Bertz CT molecular complexity index is 672. The van der Waals surface area contributed by atoms with Gasteiger partial charge in [0, 0.05) is 39.3 Å². The molecule has 0 aromatic heterocycles. The Labute approximate surface area is 169 Å². The molecule has 1 aliphatic heterocycles. The fraction of sp³-hybridized carbons (Fsp3) is 0.636. The van der Waals surface area contributed by atoms with Gasteiger partial charge in [0.1, 0.15) is 11.6 Å². The first kappa shape index (κ1) is 22.2. The quantitative estimate of drug-likeness (QED) is 0.774. The highest BCUT2D eigenvalue weighted by Crippen LogP contribution is 2.27. The van der Waals surface area contributed by atoms with Crippen LogP contribution >= 0.6 is 0 Å². The Kier molecular flexibility index (Phi) is 7.47. The summed E-state index contributed by atoms with van der Waals surface area (Å²) in [5, 5.41) is 0. The van der Waals surface area contributed by atoms with Gasteiger partial charge in [-0.25, -0.2) is 4.79 Å². The van der Waals surface area contributed by atoms with Gasteiger partial charge < -0.3 is 14.5 Å². The molecule has 28 heavy (non-hydrogen) atoms. The highest BCUT2D eigenvalue weighted by atomic mass is 16.6. The molecule has 0 spiro atoms. The van der Waals surface area contributed by atoms with Crippen molar-refractivity contribution in [2.75, 3.05) is 39.3 Å². The van der Waals surface area contributed by atoms with E-state index in [4.69, 9.17) is 4.74 Å². The average molecular weight is 390 g/mol. The molecule has 6 nitrogen and oxygen atoms in total. The number of amides is 2. The zero-order valence-electron chi connectivity index (χ0n) is 18.2. The number of rotatable bonds is 5. The molecule has 156 valence electrons. The van der Waals surface area contributed by atoms with E-state index < -0.39 is 5.60 Å². The van der Waals surface area contributed by atoms with Crippen molar-refractivity contribution in [3.8, 4) is 0 Å². The van der Waals surface area contributed by atoms with E-state index in [0.717, 1.165) is 11.1 Å². The normalized spacial score (nSPS) is 16.6. The van der Waals surface area contributed by atoms with Gasteiger partial charge in [0.05, 0.1) is 0 Å². The number of hydrogen-bond donors (Lipinski definition) is 0. The van der Waals surface area contributed by atoms with Crippen LogP contribution in [0.4, 0.5) is 4.79 Å². The zero-order chi connectivity index (χ0) is 20.9. The summed E-state index contributed by atoms with van der Waals surface area (Å²) in [6.45, 7) is 15.5. The number of piperazine rings is 1. The van der Waals surface area contributed by atoms with Crippen molar-refractivity contribution >= 4 is 12.0 Å². The molecule has 1 aliphatic rings. The summed E-state index contributed by atoms with van der Waals surface area (Å²) in [6.07, 6.45) is -0.283. The summed E-state index contributed by atoms with van der Waals surface area (Å²) in [6, 6.07) is 7.76. The molecule has 0 bridgehead atoms. The van der Waals surface area contributed by atoms with Crippen molar-refractivity contribution in [2.24, 2.45) is 0 Å². The summed E-state index contributed by atoms with van der Waals surface area (Å²) >= 11 is 0. The smallest absolute Gasteiger partial charge is 0.410 e. The summed E-state index contributed by atoms with van der Waals surface area (Å²) in [5.74, 6) is 0.130. The van der Waals surface area contributed by atoms with Gasteiger partial charge in [-0.1, -0.05) is 24.3 Å². The Hall–Kier alpha value is -2.08. The van der Waals surface area contributed by atoms with Crippen molar-refractivity contribution in [3.05, 3.63) is 35.4 Å². The van der Waals surface area contributed by atoms with Crippen LogP contribution in [0, 0.1) is 6.92 Å². The standard InChI is InChI=1S/C22H35N3O3/c1-7-23(8-2)20(26)19(18-12-10-9-11-17(18)3)24-13-15-25(16-14-24)21(27)28-22(4,5)6/h9-12,19H,7-8,13-16H2,1-6H3. The number of aryl methyl sites for hydroxylation is 1. The largest absolute Gasteiger partial charge is 0.444 e. The minimum Gasteiger partial charge on any atom is -0.444 e. The molecule has 6 heteroatoms. The van der Waals surface area contributed by atoms with Crippen molar-refractivity contribution in [2.45, 2.75) is 53.2 Å². The first-order chi connectivity index (χ1) is 13.2. The molecular formula is C22H35N3O3. The molecule has 1 aromatic rings. The van der Waals surface area contributed by atoms with E-state index in [0.29, 0.717) is 39.3 Å². The molecule has 2 rings (SSSR count). The molecular weight excluding hydrogens is 354 g/mol. The maximum atomic E-state index is 13.3. The third kappa shape index (κ3) is 5.47. The summed E-state index contributed by atoms with van der Waals surface area (Å²) in [7, 11) is 0. The van der Waals surface area contributed by atoms with E-state index >= 15 is 0 Å². The van der Waals surface area contributed by atoms with Crippen LogP contribution < -0.4 is 0 Å². The van der Waals surface area contributed by atoms with E-state index in [9.17, 15) is 9.59 Å². The van der Waals surface area contributed by atoms with Crippen molar-refractivity contribution in [3.63, 3.8) is 0 Å². The number of ether oxygens (including phenoxy) is 1. The molecule has 1 atom stereocenters. The lowest BCUT2D eigenvalue weighted by molar-refractivity contribution is -0.137. The molecule has 1 fully saturated rings. The monoisotopic (exact) mass is 389 g/mol. The van der Waals surface area contributed by atoms with E-state index in [1.807, 2.05) is 57.7 Å². The van der Waals surface area contributed by atoms with Crippen molar-refractivity contribution in [1.82, 2.24) is 14.7 Å². The minimum absolute atomic E-state index is 0.130. The zero-order valence-corrected chi connectivity index (χ0v) is 18.2. The fourth-order valence-electron chi connectivity index (χ4n) is 3.58. The number of nitrogens with zero attached hydrogens (tertiary/aromatic N) is 3. The van der Waals surface area contributed by atoms with Gasteiger partial charge in [-0.3, -0.25) is 9.69 Å². The predicted octanol–water partition coefficient (Wildman–Crippen LogP) is 3.46. The lowest BCUT2D eigenvalue weighted by atomic mass is 9.98. The van der Waals surface area contributed by atoms with Crippen LogP contribution in [0.15, 0.2) is 24.3 Å². The van der Waals surface area contributed by atoms with Gasteiger partial charge in [0.25, 0.3) is 0 Å². The predicted molar refractivity (Wildman–Crippen MR) is 111 cm³/mol. The number of likely N-dealkylation sites (N-methyl/N-ethyl adjacent to an activating group) is 1. The molecule has 2 amide bonds. The van der Waals surface area contributed by atoms with Gasteiger partial charge in [-0.15, -0.1) is 0 Å². The fourth-order valence-corrected chi connectivity index (χ4v) is 3.58. The Balaban J connectivity index is 2.19. The lowest BCUT2D eigenvalue weighted by Crippen LogP contribution is -2.53. The topological polar surface area (TPSA) is 53.1 Å². The first-order valence-electron chi connectivity index (χ1n) is 10.2.